The molecule has 0 aromatic heterocycles. The Morgan fingerprint density at radius 2 is 1.74 bits per heavy atom. The smallest absolute Gasteiger partial charge is 0.319 e. The van der Waals surface area contributed by atoms with Crippen molar-refractivity contribution in [3.8, 4) is 0 Å². The second kappa shape index (κ2) is 8.53. The minimum absolute atomic E-state index is 0.0200. The molecule has 0 atom stereocenters. The number of benzene rings is 1. The van der Waals surface area contributed by atoms with Gasteiger partial charge in [0, 0.05) is 12.1 Å². The highest BCUT2D eigenvalue weighted by atomic mass is 16.6. The Morgan fingerprint density at radius 1 is 1.26 bits per heavy atom. The lowest BCUT2D eigenvalue weighted by molar-refractivity contribution is -0.394. The van der Waals surface area contributed by atoms with Crippen molar-refractivity contribution in [2.45, 2.75) is 6.92 Å². The fourth-order valence-electron chi connectivity index (χ4n) is 0.940. The van der Waals surface area contributed by atoms with Crippen molar-refractivity contribution in [3.05, 3.63) is 44.5 Å². The maximum Gasteiger partial charge on any atom is 0.319 e. The van der Waals surface area contributed by atoms with Gasteiger partial charge >= 0.3 is 5.97 Å². The number of non-ortho nitro benzene ring substituents is 2. The van der Waals surface area contributed by atoms with Gasteiger partial charge in [0.05, 0.1) is 29.1 Å². The summed E-state index contributed by atoms with van der Waals surface area (Å²) in [4.78, 5) is 29.0. The largest absolute Gasteiger partial charge is 0.465 e. The molecule has 0 fully saturated rings. The van der Waals surface area contributed by atoms with Crippen LogP contribution in [0.15, 0.2) is 24.3 Å². The minimum Gasteiger partial charge on any atom is -0.465 e. The molecule has 0 saturated heterocycles. The average Bonchev–Trinajstić information content (AvgIpc) is 2.39. The number of rotatable bonds is 4. The average molecular weight is 271 g/mol. The maximum absolute atomic E-state index is 10.2. The summed E-state index contributed by atoms with van der Waals surface area (Å²) in [6.07, 6.45) is 0. The van der Waals surface area contributed by atoms with Gasteiger partial charge < -0.3 is 10.5 Å². The Bertz CT molecular complexity index is 433. The van der Waals surface area contributed by atoms with Gasteiger partial charge in [0.25, 0.3) is 11.4 Å². The summed E-state index contributed by atoms with van der Waals surface area (Å²) in [5, 5.41) is 20.3. The summed E-state index contributed by atoms with van der Waals surface area (Å²) in [7, 11) is 0. The molecule has 0 radical (unpaired) electrons. The zero-order chi connectivity index (χ0) is 14.8. The van der Waals surface area contributed by atoms with Crippen LogP contribution < -0.4 is 5.73 Å². The number of nitro benzene ring substituents is 2. The van der Waals surface area contributed by atoms with Gasteiger partial charge in [-0.15, -0.1) is 0 Å². The summed E-state index contributed by atoms with van der Waals surface area (Å²) >= 11 is 0. The molecule has 0 heterocycles. The van der Waals surface area contributed by atoms with E-state index in [0.717, 1.165) is 6.07 Å². The Kier molecular flexibility index (Phi) is 7.38. The second-order valence-corrected chi connectivity index (χ2v) is 3.04. The number of carbonyl (C=O) groups is 1. The Hall–Kier alpha value is -2.55. The van der Waals surface area contributed by atoms with Gasteiger partial charge in [0.2, 0.25) is 0 Å². The summed E-state index contributed by atoms with van der Waals surface area (Å²) in [5.74, 6) is -0.345. The van der Waals surface area contributed by atoms with Gasteiger partial charge in [0.15, 0.2) is 0 Å². The van der Waals surface area contributed by atoms with Gasteiger partial charge in [0.1, 0.15) is 0 Å². The Balaban J connectivity index is 0.000000399. The van der Waals surface area contributed by atoms with Crippen LogP contribution in [0.1, 0.15) is 6.92 Å². The van der Waals surface area contributed by atoms with E-state index in [0.29, 0.717) is 6.61 Å². The van der Waals surface area contributed by atoms with Crippen molar-refractivity contribution < 1.29 is 19.4 Å². The first-order valence-electron chi connectivity index (χ1n) is 5.16. The van der Waals surface area contributed by atoms with E-state index in [-0.39, 0.29) is 23.9 Å². The first-order valence-corrected chi connectivity index (χ1v) is 5.16. The number of hydrogen-bond donors (Lipinski definition) is 1. The lowest BCUT2D eigenvalue weighted by Gasteiger charge is -1.93. The molecule has 0 amide bonds. The van der Waals surface area contributed by atoms with Gasteiger partial charge in [-0.1, -0.05) is 0 Å². The van der Waals surface area contributed by atoms with Crippen LogP contribution >= 0.6 is 0 Å². The second-order valence-electron chi connectivity index (χ2n) is 3.04. The molecule has 2 N–H and O–H groups in total. The summed E-state index contributed by atoms with van der Waals surface area (Å²) in [6, 6.07) is 4.59. The monoisotopic (exact) mass is 271 g/mol. The third-order valence-electron chi connectivity index (χ3n) is 1.72. The Labute approximate surface area is 108 Å². The number of nitrogens with two attached hydrogens (primary N) is 1. The fraction of sp³-hybridized carbons (Fsp3) is 0.300. The maximum atomic E-state index is 10.2. The molecule has 0 spiro atoms. The van der Waals surface area contributed by atoms with Crippen LogP contribution in [0.2, 0.25) is 0 Å². The van der Waals surface area contributed by atoms with Crippen LogP contribution in [-0.4, -0.2) is 29.0 Å². The summed E-state index contributed by atoms with van der Waals surface area (Å²) < 4.78 is 4.43. The van der Waals surface area contributed by atoms with Crippen molar-refractivity contribution in [3.63, 3.8) is 0 Å². The van der Waals surface area contributed by atoms with Crippen LogP contribution in [0.25, 0.3) is 0 Å². The van der Waals surface area contributed by atoms with Crippen LogP contribution in [-0.2, 0) is 9.53 Å². The molecular weight excluding hydrogens is 258 g/mol. The molecule has 104 valence electrons. The van der Waals surface area contributed by atoms with E-state index in [4.69, 9.17) is 5.73 Å². The van der Waals surface area contributed by atoms with Crippen LogP contribution in [0.3, 0.4) is 0 Å². The molecule has 9 nitrogen and oxygen atoms in total. The van der Waals surface area contributed by atoms with E-state index in [9.17, 15) is 25.0 Å². The Morgan fingerprint density at radius 3 is 2.00 bits per heavy atom. The number of esters is 1. The van der Waals surface area contributed by atoms with Crippen molar-refractivity contribution in [2.75, 3.05) is 13.2 Å². The number of carbonyl (C=O) groups excluding carboxylic acids is 1. The zero-order valence-electron chi connectivity index (χ0n) is 10.1. The normalized spacial score (nSPS) is 8.95. The molecule has 1 aromatic rings. The highest BCUT2D eigenvalue weighted by Crippen LogP contribution is 2.18. The van der Waals surface area contributed by atoms with Crippen molar-refractivity contribution in [1.82, 2.24) is 0 Å². The predicted molar refractivity (Wildman–Crippen MR) is 65.4 cm³/mol. The number of ether oxygens (including phenoxy) is 1. The van der Waals surface area contributed by atoms with Gasteiger partial charge in [-0.3, -0.25) is 25.0 Å². The minimum atomic E-state index is -0.674. The van der Waals surface area contributed by atoms with Gasteiger partial charge in [-0.2, -0.15) is 0 Å². The summed E-state index contributed by atoms with van der Waals surface area (Å²) in [6.45, 7) is 2.14. The van der Waals surface area contributed by atoms with Crippen LogP contribution in [0.5, 0.6) is 0 Å². The lowest BCUT2D eigenvalue weighted by Crippen LogP contribution is -2.16. The third-order valence-corrected chi connectivity index (χ3v) is 1.72. The van der Waals surface area contributed by atoms with E-state index < -0.39 is 9.85 Å². The number of hydrogen-bond acceptors (Lipinski definition) is 7. The van der Waals surface area contributed by atoms with E-state index in [2.05, 4.69) is 4.74 Å². The molecule has 0 aliphatic heterocycles. The molecule has 9 heteroatoms. The SMILES string of the molecule is CCOC(=O)CN.O=[N+]([O-])c1cccc([N+](=O)[O-])c1. The molecule has 0 unspecified atom stereocenters. The van der Waals surface area contributed by atoms with Crippen molar-refractivity contribution in [2.24, 2.45) is 5.73 Å². The third kappa shape index (κ3) is 6.68. The molecule has 19 heavy (non-hydrogen) atoms. The standard InChI is InChI=1S/C6H4N2O4.C4H9NO2/c9-7(10)5-2-1-3-6(4-5)8(11)12;1-2-7-4(6)3-5/h1-4H;2-3,5H2,1H3. The van der Waals surface area contributed by atoms with Crippen LogP contribution in [0, 0.1) is 20.2 Å². The van der Waals surface area contributed by atoms with E-state index in [1.807, 2.05) is 0 Å². The molecule has 1 aromatic carbocycles. The predicted octanol–water partition coefficient (Wildman–Crippen LogP) is 1.01. The van der Waals surface area contributed by atoms with Gasteiger partial charge in [-0.05, 0) is 13.0 Å². The van der Waals surface area contributed by atoms with E-state index in [1.54, 1.807) is 6.92 Å². The molecule has 1 rings (SSSR count). The molecule has 0 aliphatic carbocycles. The molecular formula is C10H13N3O6. The highest BCUT2D eigenvalue weighted by molar-refractivity contribution is 5.71. The van der Waals surface area contributed by atoms with E-state index >= 15 is 0 Å². The number of nitrogens with zero attached hydrogens (tertiary/aromatic N) is 2. The molecule has 0 bridgehead atoms. The quantitative estimate of drug-likeness (QED) is 0.489. The van der Waals surface area contributed by atoms with Gasteiger partial charge in [-0.25, -0.2) is 0 Å². The fourth-order valence-corrected chi connectivity index (χ4v) is 0.940. The summed E-state index contributed by atoms with van der Waals surface area (Å²) in [5.41, 5.74) is 4.34. The highest BCUT2D eigenvalue weighted by Gasteiger charge is 2.11. The first-order chi connectivity index (χ1) is 8.92. The zero-order valence-corrected chi connectivity index (χ0v) is 10.1. The van der Waals surface area contributed by atoms with E-state index in [1.165, 1.54) is 18.2 Å². The van der Waals surface area contributed by atoms with Crippen molar-refractivity contribution in [1.29, 1.82) is 0 Å². The lowest BCUT2D eigenvalue weighted by atomic mass is 10.3. The van der Waals surface area contributed by atoms with Crippen LogP contribution in [0.4, 0.5) is 11.4 Å². The molecule has 0 saturated carbocycles. The topological polar surface area (TPSA) is 139 Å². The number of nitro groups is 2. The first kappa shape index (κ1) is 16.4. The van der Waals surface area contributed by atoms with Crippen molar-refractivity contribution >= 4 is 17.3 Å². The molecule has 0 aliphatic rings.